The zero-order valence-electron chi connectivity index (χ0n) is 13.1. The van der Waals surface area contributed by atoms with Crippen LogP contribution in [0.25, 0.3) is 12.2 Å². The number of nitrogens with zero attached hydrogens (tertiary/aromatic N) is 2. The number of nitro benzene ring substituents is 1. The first-order valence-corrected chi connectivity index (χ1v) is 8.08. The molecule has 6 nitrogen and oxygen atoms in total. The average Bonchev–Trinajstić information content (AvgIpc) is 2.94. The molecule has 1 heterocycles. The SMILES string of the molecule is O=C1OC(/C=C/c2ccc(Cl)cc2Cl)=NC/1=C\c1ccc([N+](=O)[O-])cc1. The number of hydrogen-bond donors (Lipinski definition) is 0. The highest BCUT2D eigenvalue weighted by Gasteiger charge is 2.21. The minimum atomic E-state index is -0.606. The number of carbonyl (C=O) groups excluding carboxylic acids is 1. The van der Waals surface area contributed by atoms with E-state index in [4.69, 9.17) is 27.9 Å². The lowest BCUT2D eigenvalue weighted by molar-refractivity contribution is -0.384. The zero-order chi connectivity index (χ0) is 18.7. The van der Waals surface area contributed by atoms with Gasteiger partial charge in [0.25, 0.3) is 5.69 Å². The molecule has 0 aliphatic carbocycles. The summed E-state index contributed by atoms with van der Waals surface area (Å²) >= 11 is 11.9. The summed E-state index contributed by atoms with van der Waals surface area (Å²) in [5, 5.41) is 11.6. The van der Waals surface area contributed by atoms with Crippen LogP contribution in [0.15, 0.2) is 59.2 Å². The molecule has 2 aromatic rings. The van der Waals surface area contributed by atoms with E-state index in [1.807, 2.05) is 0 Å². The molecule has 0 bridgehead atoms. The summed E-state index contributed by atoms with van der Waals surface area (Å²) in [4.78, 5) is 26.2. The number of rotatable bonds is 4. The molecule has 1 aliphatic heterocycles. The third-order valence-electron chi connectivity index (χ3n) is 3.41. The fraction of sp³-hybridized carbons (Fsp3) is 0. The molecular formula is C18H10Cl2N2O4. The van der Waals surface area contributed by atoms with Gasteiger partial charge in [-0.05, 0) is 47.5 Å². The summed E-state index contributed by atoms with van der Waals surface area (Å²) in [6, 6.07) is 10.8. The summed E-state index contributed by atoms with van der Waals surface area (Å²) in [5.41, 5.74) is 1.36. The van der Waals surface area contributed by atoms with E-state index < -0.39 is 10.9 Å². The van der Waals surface area contributed by atoms with E-state index >= 15 is 0 Å². The summed E-state index contributed by atoms with van der Waals surface area (Å²) in [7, 11) is 0. The number of esters is 1. The van der Waals surface area contributed by atoms with E-state index in [0.29, 0.717) is 21.2 Å². The minimum absolute atomic E-state index is 0.0342. The lowest BCUT2D eigenvalue weighted by Gasteiger charge is -1.98. The molecule has 0 atom stereocenters. The van der Waals surface area contributed by atoms with Gasteiger partial charge in [-0.15, -0.1) is 0 Å². The fourth-order valence-electron chi connectivity index (χ4n) is 2.14. The highest BCUT2D eigenvalue weighted by molar-refractivity contribution is 6.35. The number of aliphatic imine (C=N–C) groups is 1. The van der Waals surface area contributed by atoms with Gasteiger partial charge in [-0.3, -0.25) is 10.1 Å². The highest BCUT2D eigenvalue weighted by Crippen LogP contribution is 2.23. The molecule has 0 aromatic heterocycles. The molecule has 0 radical (unpaired) electrons. The quantitative estimate of drug-likeness (QED) is 0.322. The molecule has 0 saturated carbocycles. The molecule has 8 heteroatoms. The van der Waals surface area contributed by atoms with Crippen molar-refractivity contribution in [2.75, 3.05) is 0 Å². The number of cyclic esters (lactones) is 1. The molecule has 0 saturated heterocycles. The average molecular weight is 389 g/mol. The van der Waals surface area contributed by atoms with Crippen LogP contribution >= 0.6 is 23.2 Å². The lowest BCUT2D eigenvalue weighted by Crippen LogP contribution is -2.01. The summed E-state index contributed by atoms with van der Waals surface area (Å²) in [5.74, 6) is -0.487. The van der Waals surface area contributed by atoms with E-state index in [9.17, 15) is 14.9 Å². The van der Waals surface area contributed by atoms with E-state index in [1.165, 1.54) is 36.4 Å². The molecule has 1 aliphatic rings. The monoisotopic (exact) mass is 388 g/mol. The van der Waals surface area contributed by atoms with Gasteiger partial charge < -0.3 is 4.74 Å². The number of ether oxygens (including phenoxy) is 1. The molecule has 26 heavy (non-hydrogen) atoms. The first-order valence-electron chi connectivity index (χ1n) is 7.32. The number of benzene rings is 2. The molecule has 0 amide bonds. The van der Waals surface area contributed by atoms with Crippen molar-refractivity contribution >= 4 is 52.9 Å². The lowest BCUT2D eigenvalue weighted by atomic mass is 10.2. The Hall–Kier alpha value is -2.96. The minimum Gasteiger partial charge on any atom is -0.403 e. The van der Waals surface area contributed by atoms with Gasteiger partial charge in [-0.25, -0.2) is 9.79 Å². The zero-order valence-corrected chi connectivity index (χ0v) is 14.6. The summed E-state index contributed by atoms with van der Waals surface area (Å²) < 4.78 is 5.07. The van der Waals surface area contributed by atoms with Crippen LogP contribution in [-0.4, -0.2) is 16.8 Å². The second kappa shape index (κ2) is 7.51. The van der Waals surface area contributed by atoms with Crippen LogP contribution in [0.3, 0.4) is 0 Å². The van der Waals surface area contributed by atoms with Gasteiger partial charge in [-0.2, -0.15) is 0 Å². The number of nitro groups is 1. The first kappa shape index (κ1) is 17.8. The topological polar surface area (TPSA) is 81.8 Å². The van der Waals surface area contributed by atoms with Crippen molar-refractivity contribution in [2.45, 2.75) is 0 Å². The fourth-order valence-corrected chi connectivity index (χ4v) is 2.62. The Morgan fingerprint density at radius 3 is 2.46 bits per heavy atom. The van der Waals surface area contributed by atoms with Crippen LogP contribution in [0.2, 0.25) is 10.0 Å². The largest absolute Gasteiger partial charge is 0.403 e. The molecule has 2 aromatic carbocycles. The third kappa shape index (κ3) is 4.17. The molecule has 0 spiro atoms. The van der Waals surface area contributed by atoms with Gasteiger partial charge in [0.2, 0.25) is 5.90 Å². The molecule has 0 unspecified atom stereocenters. The standard InChI is InChI=1S/C18H10Cl2N2O4/c19-13-5-3-12(15(20)10-13)4-8-17-21-16(18(23)26-17)9-11-1-6-14(7-2-11)22(24)25/h1-10H/b8-4+,16-9-. The predicted octanol–water partition coefficient (Wildman–Crippen LogP) is 4.91. The van der Waals surface area contributed by atoms with Gasteiger partial charge in [0.1, 0.15) is 0 Å². The Labute approximate surface area is 158 Å². The second-order valence-electron chi connectivity index (χ2n) is 5.22. The van der Waals surface area contributed by atoms with Crippen LogP contribution in [0.5, 0.6) is 0 Å². The van der Waals surface area contributed by atoms with E-state index in [1.54, 1.807) is 24.3 Å². The maximum absolute atomic E-state index is 11.9. The van der Waals surface area contributed by atoms with E-state index in [2.05, 4.69) is 4.99 Å². The Kier molecular flexibility index (Phi) is 5.16. The number of non-ortho nitro benzene ring substituents is 1. The second-order valence-corrected chi connectivity index (χ2v) is 6.06. The Morgan fingerprint density at radius 1 is 1.08 bits per heavy atom. The van der Waals surface area contributed by atoms with Crippen LogP contribution in [-0.2, 0) is 9.53 Å². The summed E-state index contributed by atoms with van der Waals surface area (Å²) in [6.07, 6.45) is 4.66. The third-order valence-corrected chi connectivity index (χ3v) is 3.97. The molecule has 130 valence electrons. The maximum Gasteiger partial charge on any atom is 0.363 e. The molecular weight excluding hydrogens is 379 g/mol. The van der Waals surface area contributed by atoms with Crippen molar-refractivity contribution < 1.29 is 14.5 Å². The van der Waals surface area contributed by atoms with Crippen molar-refractivity contribution in [1.82, 2.24) is 0 Å². The Morgan fingerprint density at radius 2 is 1.81 bits per heavy atom. The van der Waals surface area contributed by atoms with Crippen molar-refractivity contribution in [2.24, 2.45) is 4.99 Å². The first-order chi connectivity index (χ1) is 12.4. The Bertz CT molecular complexity index is 979. The molecule has 0 N–H and O–H groups in total. The smallest absolute Gasteiger partial charge is 0.363 e. The summed E-state index contributed by atoms with van der Waals surface area (Å²) in [6.45, 7) is 0. The number of halogens is 2. The van der Waals surface area contributed by atoms with Gasteiger partial charge in [0.15, 0.2) is 5.70 Å². The van der Waals surface area contributed by atoms with Crippen LogP contribution in [0.4, 0.5) is 5.69 Å². The Balaban J connectivity index is 1.80. The molecule has 3 rings (SSSR count). The number of carbonyl (C=O) groups is 1. The van der Waals surface area contributed by atoms with Gasteiger partial charge in [0, 0.05) is 28.3 Å². The van der Waals surface area contributed by atoms with Gasteiger partial charge in [0.05, 0.1) is 4.92 Å². The van der Waals surface area contributed by atoms with Crippen molar-refractivity contribution in [3.05, 3.63) is 85.5 Å². The molecule has 0 fully saturated rings. The van der Waals surface area contributed by atoms with Gasteiger partial charge >= 0.3 is 5.97 Å². The van der Waals surface area contributed by atoms with Crippen molar-refractivity contribution in [1.29, 1.82) is 0 Å². The maximum atomic E-state index is 11.9. The van der Waals surface area contributed by atoms with Crippen LogP contribution in [0.1, 0.15) is 11.1 Å². The van der Waals surface area contributed by atoms with Crippen LogP contribution < -0.4 is 0 Å². The van der Waals surface area contributed by atoms with Gasteiger partial charge in [-0.1, -0.05) is 29.3 Å². The normalized spacial score (nSPS) is 15.4. The predicted molar refractivity (Wildman–Crippen MR) is 100 cm³/mol. The van der Waals surface area contributed by atoms with Crippen molar-refractivity contribution in [3.63, 3.8) is 0 Å². The number of hydrogen-bond acceptors (Lipinski definition) is 5. The van der Waals surface area contributed by atoms with Crippen LogP contribution in [0, 0.1) is 10.1 Å². The highest BCUT2D eigenvalue weighted by atomic mass is 35.5. The van der Waals surface area contributed by atoms with Crippen molar-refractivity contribution in [3.8, 4) is 0 Å². The van der Waals surface area contributed by atoms with E-state index in [-0.39, 0.29) is 17.3 Å². The van der Waals surface area contributed by atoms with E-state index in [0.717, 1.165) is 0 Å².